The van der Waals surface area contributed by atoms with Crippen LogP contribution in [0.1, 0.15) is 34.3 Å². The van der Waals surface area contributed by atoms with E-state index in [4.69, 9.17) is 28.9 Å². The van der Waals surface area contributed by atoms with Crippen molar-refractivity contribution in [3.63, 3.8) is 0 Å². The molecule has 1 aliphatic rings. The molecule has 0 aromatic heterocycles. The van der Waals surface area contributed by atoms with Gasteiger partial charge >= 0.3 is 0 Å². The highest BCUT2D eigenvalue weighted by Gasteiger charge is 2.31. The molecule has 148 valence electrons. The fraction of sp³-hybridized carbons (Fsp3) is 0.333. The first kappa shape index (κ1) is 20.6. The lowest BCUT2D eigenvalue weighted by atomic mass is 10.1. The normalized spacial score (nSPS) is 13.6. The van der Waals surface area contributed by atoms with E-state index in [9.17, 15) is 9.59 Å². The zero-order valence-electron chi connectivity index (χ0n) is 15.7. The van der Waals surface area contributed by atoms with Gasteiger partial charge in [0.1, 0.15) is 0 Å². The molecule has 1 saturated carbocycles. The molecule has 1 aliphatic carbocycles. The van der Waals surface area contributed by atoms with Crippen LogP contribution in [0.3, 0.4) is 0 Å². The molecule has 0 atom stereocenters. The molecule has 0 bridgehead atoms. The predicted octanol–water partition coefficient (Wildman–Crippen LogP) is 3.72. The lowest BCUT2D eigenvalue weighted by Crippen LogP contribution is -2.38. The Kier molecular flexibility index (Phi) is 6.60. The molecule has 2 aromatic rings. The molecule has 0 unspecified atom stereocenters. The third kappa shape index (κ3) is 5.47. The second kappa shape index (κ2) is 8.95. The summed E-state index contributed by atoms with van der Waals surface area (Å²) in [7, 11) is 1.79. The predicted molar refractivity (Wildman–Crippen MR) is 111 cm³/mol. The highest BCUT2D eigenvalue weighted by Crippen LogP contribution is 2.28. The molecule has 5 nitrogen and oxygen atoms in total. The maximum absolute atomic E-state index is 12.7. The van der Waals surface area contributed by atoms with E-state index in [2.05, 4.69) is 4.90 Å². The van der Waals surface area contributed by atoms with Crippen LogP contribution >= 0.6 is 23.2 Å². The Hall–Kier alpha value is -2.08. The first-order chi connectivity index (χ1) is 13.3. The molecule has 0 aliphatic heterocycles. The minimum atomic E-state index is -0.440. The van der Waals surface area contributed by atoms with Crippen molar-refractivity contribution in [2.75, 3.05) is 13.6 Å². The fourth-order valence-corrected chi connectivity index (χ4v) is 3.38. The molecular weight excluding hydrogens is 397 g/mol. The number of hydrogen-bond donors (Lipinski definition) is 1. The maximum Gasteiger partial charge on any atom is 0.248 e. The number of carbonyl (C=O) groups excluding carboxylic acids is 2. The average Bonchev–Trinajstić information content (AvgIpc) is 3.49. The van der Waals surface area contributed by atoms with E-state index in [1.807, 2.05) is 18.2 Å². The molecule has 2 amide bonds. The third-order valence-corrected chi connectivity index (χ3v) is 5.59. The van der Waals surface area contributed by atoms with Gasteiger partial charge in [0, 0.05) is 31.7 Å². The second-order valence-electron chi connectivity index (χ2n) is 7.20. The zero-order chi connectivity index (χ0) is 20.3. The minimum Gasteiger partial charge on any atom is -0.366 e. The summed E-state index contributed by atoms with van der Waals surface area (Å²) < 4.78 is 0. The largest absolute Gasteiger partial charge is 0.366 e. The number of hydrogen-bond acceptors (Lipinski definition) is 3. The van der Waals surface area contributed by atoms with E-state index >= 15 is 0 Å². The number of amides is 2. The SMILES string of the molecule is CN(Cc1ccc(Cl)c(Cl)c1)C(=O)CN(Cc1ccc(C(N)=O)cc1)C1CC1. The Bertz CT molecular complexity index is 866. The van der Waals surface area contributed by atoms with Gasteiger partial charge in [-0.1, -0.05) is 41.4 Å². The van der Waals surface area contributed by atoms with Crippen LogP contribution in [0.2, 0.25) is 10.0 Å². The van der Waals surface area contributed by atoms with E-state index in [0.717, 1.165) is 24.0 Å². The third-order valence-electron chi connectivity index (χ3n) is 4.86. The van der Waals surface area contributed by atoms with Gasteiger partial charge in [-0.2, -0.15) is 0 Å². The summed E-state index contributed by atoms with van der Waals surface area (Å²) in [6, 6.07) is 13.0. The maximum atomic E-state index is 12.7. The van der Waals surface area contributed by atoms with E-state index in [-0.39, 0.29) is 5.91 Å². The molecular formula is C21H23Cl2N3O2. The van der Waals surface area contributed by atoms with Gasteiger partial charge in [0.05, 0.1) is 16.6 Å². The highest BCUT2D eigenvalue weighted by atomic mass is 35.5. The highest BCUT2D eigenvalue weighted by molar-refractivity contribution is 6.42. The molecule has 0 spiro atoms. The Morgan fingerprint density at radius 3 is 2.21 bits per heavy atom. The van der Waals surface area contributed by atoms with Gasteiger partial charge in [-0.3, -0.25) is 14.5 Å². The van der Waals surface area contributed by atoms with Crippen molar-refractivity contribution in [3.8, 4) is 0 Å². The zero-order valence-corrected chi connectivity index (χ0v) is 17.2. The molecule has 0 radical (unpaired) electrons. The van der Waals surface area contributed by atoms with Crippen molar-refractivity contribution < 1.29 is 9.59 Å². The number of benzene rings is 2. The van der Waals surface area contributed by atoms with Crippen molar-refractivity contribution in [1.29, 1.82) is 0 Å². The Morgan fingerprint density at radius 2 is 1.64 bits per heavy atom. The van der Waals surface area contributed by atoms with Crippen molar-refractivity contribution in [2.45, 2.75) is 32.0 Å². The van der Waals surface area contributed by atoms with Crippen LogP contribution in [-0.2, 0) is 17.9 Å². The first-order valence-electron chi connectivity index (χ1n) is 9.14. The molecule has 1 fully saturated rings. The summed E-state index contributed by atoms with van der Waals surface area (Å²) >= 11 is 12.0. The molecule has 28 heavy (non-hydrogen) atoms. The first-order valence-corrected chi connectivity index (χ1v) is 9.90. The van der Waals surface area contributed by atoms with Gasteiger partial charge in [0.15, 0.2) is 0 Å². The van der Waals surface area contributed by atoms with E-state index in [1.165, 1.54) is 0 Å². The monoisotopic (exact) mass is 419 g/mol. The lowest BCUT2D eigenvalue weighted by molar-refractivity contribution is -0.132. The Morgan fingerprint density at radius 1 is 1.00 bits per heavy atom. The van der Waals surface area contributed by atoms with E-state index < -0.39 is 5.91 Å². The molecule has 3 rings (SSSR count). The number of halogens is 2. The van der Waals surface area contributed by atoms with Crippen LogP contribution in [0.15, 0.2) is 42.5 Å². The topological polar surface area (TPSA) is 66.6 Å². The summed E-state index contributed by atoms with van der Waals surface area (Å²) in [6.45, 7) is 1.48. The van der Waals surface area contributed by atoms with Crippen LogP contribution in [0.25, 0.3) is 0 Å². The summed E-state index contributed by atoms with van der Waals surface area (Å²) in [5, 5.41) is 0.987. The summed E-state index contributed by atoms with van der Waals surface area (Å²) in [4.78, 5) is 27.8. The number of nitrogens with two attached hydrogens (primary N) is 1. The van der Waals surface area contributed by atoms with Gasteiger partial charge in [-0.25, -0.2) is 0 Å². The summed E-state index contributed by atoms with van der Waals surface area (Å²) in [6.07, 6.45) is 2.20. The van der Waals surface area contributed by atoms with Crippen molar-refractivity contribution in [3.05, 3.63) is 69.2 Å². The molecule has 2 aromatic carbocycles. The van der Waals surface area contributed by atoms with Gasteiger partial charge in [-0.15, -0.1) is 0 Å². The van der Waals surface area contributed by atoms with Crippen LogP contribution in [0.4, 0.5) is 0 Å². The molecule has 0 saturated heterocycles. The lowest BCUT2D eigenvalue weighted by Gasteiger charge is -2.25. The van der Waals surface area contributed by atoms with Crippen molar-refractivity contribution in [2.24, 2.45) is 5.73 Å². The quantitative estimate of drug-likeness (QED) is 0.708. The van der Waals surface area contributed by atoms with Crippen molar-refractivity contribution >= 4 is 35.0 Å². The smallest absolute Gasteiger partial charge is 0.248 e. The van der Waals surface area contributed by atoms with Crippen LogP contribution in [-0.4, -0.2) is 41.2 Å². The second-order valence-corrected chi connectivity index (χ2v) is 8.01. The van der Waals surface area contributed by atoms with Gasteiger partial charge in [0.2, 0.25) is 11.8 Å². The number of likely N-dealkylation sites (N-methyl/N-ethyl adjacent to an activating group) is 1. The fourth-order valence-electron chi connectivity index (χ4n) is 3.06. The number of carbonyl (C=O) groups is 2. The van der Waals surface area contributed by atoms with E-state index in [0.29, 0.717) is 41.3 Å². The van der Waals surface area contributed by atoms with Gasteiger partial charge in [0.25, 0.3) is 0 Å². The van der Waals surface area contributed by atoms with E-state index in [1.54, 1.807) is 36.2 Å². The molecule has 0 heterocycles. The van der Waals surface area contributed by atoms with Crippen LogP contribution in [0.5, 0.6) is 0 Å². The van der Waals surface area contributed by atoms with Gasteiger partial charge in [-0.05, 0) is 48.2 Å². The van der Waals surface area contributed by atoms with Gasteiger partial charge < -0.3 is 10.6 Å². The Balaban J connectivity index is 1.60. The number of rotatable bonds is 8. The summed E-state index contributed by atoms with van der Waals surface area (Å²) in [5.41, 5.74) is 7.76. The van der Waals surface area contributed by atoms with Crippen LogP contribution < -0.4 is 5.73 Å². The minimum absolute atomic E-state index is 0.0479. The molecule has 7 heteroatoms. The molecule has 2 N–H and O–H groups in total. The average molecular weight is 420 g/mol. The van der Waals surface area contributed by atoms with Crippen molar-refractivity contribution in [1.82, 2.24) is 9.80 Å². The number of nitrogens with zero attached hydrogens (tertiary/aromatic N) is 2. The Labute approximate surface area is 175 Å². The van der Waals surface area contributed by atoms with Crippen LogP contribution in [0, 0.1) is 0 Å². The summed E-state index contributed by atoms with van der Waals surface area (Å²) in [5.74, 6) is -0.392. The standard InChI is InChI=1S/C21H23Cl2N3O2/c1-25(11-15-4-9-18(22)19(23)10-15)20(27)13-26(17-7-8-17)12-14-2-5-16(6-3-14)21(24)28/h2-6,9-10,17H,7-8,11-13H2,1H3,(H2,24,28). The number of primary amides is 1.